The summed E-state index contributed by atoms with van der Waals surface area (Å²) >= 11 is 0. The van der Waals surface area contributed by atoms with Crippen molar-refractivity contribution in [1.29, 1.82) is 0 Å². The number of ether oxygens (including phenoxy) is 1. The molecule has 2 heterocycles. The minimum absolute atomic E-state index is 0.292. The van der Waals surface area contributed by atoms with Crippen molar-refractivity contribution in [2.45, 2.75) is 26.4 Å². The van der Waals surface area contributed by atoms with Gasteiger partial charge in [0.2, 0.25) is 0 Å². The van der Waals surface area contributed by atoms with E-state index in [4.69, 9.17) is 16.2 Å². The summed E-state index contributed by atoms with van der Waals surface area (Å²) < 4.78 is 5.15. The minimum atomic E-state index is -0.558. The van der Waals surface area contributed by atoms with E-state index in [9.17, 15) is 4.79 Å². The number of aromatic nitrogens is 2. The van der Waals surface area contributed by atoms with Crippen molar-refractivity contribution in [3.05, 3.63) is 30.6 Å². The molecule has 2 rings (SSSR count). The SMILES string of the molecule is CC(C)(C)OC(=O)Nc1ccc(-c2cnc(N)c(N)c2)cn1. The van der Waals surface area contributed by atoms with Gasteiger partial charge >= 0.3 is 6.09 Å². The van der Waals surface area contributed by atoms with Gasteiger partial charge in [-0.2, -0.15) is 0 Å². The first-order valence-corrected chi connectivity index (χ1v) is 6.72. The summed E-state index contributed by atoms with van der Waals surface area (Å²) in [6.45, 7) is 5.38. The lowest BCUT2D eigenvalue weighted by atomic mass is 10.1. The van der Waals surface area contributed by atoms with Gasteiger partial charge in [0.1, 0.15) is 17.2 Å². The lowest BCUT2D eigenvalue weighted by Gasteiger charge is -2.19. The first-order chi connectivity index (χ1) is 10.2. The van der Waals surface area contributed by atoms with Crippen LogP contribution in [0.15, 0.2) is 30.6 Å². The molecule has 5 N–H and O–H groups in total. The largest absolute Gasteiger partial charge is 0.444 e. The van der Waals surface area contributed by atoms with Crippen LogP contribution in [0.4, 0.5) is 22.1 Å². The topological polar surface area (TPSA) is 116 Å². The highest BCUT2D eigenvalue weighted by Crippen LogP contribution is 2.23. The quantitative estimate of drug-likeness (QED) is 0.785. The van der Waals surface area contributed by atoms with Crippen LogP contribution in [0.2, 0.25) is 0 Å². The molecule has 0 bridgehead atoms. The lowest BCUT2D eigenvalue weighted by Crippen LogP contribution is -2.27. The molecule has 2 aromatic heterocycles. The van der Waals surface area contributed by atoms with E-state index in [-0.39, 0.29) is 0 Å². The Kier molecular flexibility index (Phi) is 4.16. The molecule has 22 heavy (non-hydrogen) atoms. The standard InChI is InChI=1S/C15H19N5O2/c1-15(2,3)22-14(21)20-12-5-4-9(7-18-12)10-6-11(16)13(17)19-8-10/h4-8H,16H2,1-3H3,(H2,17,19)(H,18,20,21). The number of anilines is 3. The highest BCUT2D eigenvalue weighted by atomic mass is 16.6. The predicted octanol–water partition coefficient (Wildman–Crippen LogP) is 2.66. The monoisotopic (exact) mass is 301 g/mol. The zero-order chi connectivity index (χ0) is 16.3. The fourth-order valence-electron chi connectivity index (χ4n) is 1.70. The number of hydrogen-bond donors (Lipinski definition) is 3. The number of nitrogens with zero attached hydrogens (tertiary/aromatic N) is 2. The van der Waals surface area contributed by atoms with E-state index < -0.39 is 11.7 Å². The highest BCUT2D eigenvalue weighted by molar-refractivity contribution is 5.84. The van der Waals surface area contributed by atoms with Gasteiger partial charge in [0.15, 0.2) is 0 Å². The number of hydrogen-bond acceptors (Lipinski definition) is 6. The summed E-state index contributed by atoms with van der Waals surface area (Å²) in [7, 11) is 0. The lowest BCUT2D eigenvalue weighted by molar-refractivity contribution is 0.0635. The van der Waals surface area contributed by atoms with E-state index in [0.717, 1.165) is 11.1 Å². The van der Waals surface area contributed by atoms with Crippen molar-refractivity contribution in [3.8, 4) is 11.1 Å². The molecule has 2 aromatic rings. The van der Waals surface area contributed by atoms with Crippen LogP contribution in [-0.2, 0) is 4.74 Å². The molecule has 0 fully saturated rings. The van der Waals surface area contributed by atoms with Gasteiger partial charge in [-0.15, -0.1) is 0 Å². The van der Waals surface area contributed by atoms with Crippen molar-refractivity contribution in [1.82, 2.24) is 9.97 Å². The van der Waals surface area contributed by atoms with Crippen LogP contribution in [0.25, 0.3) is 11.1 Å². The van der Waals surface area contributed by atoms with E-state index in [0.29, 0.717) is 17.3 Å². The smallest absolute Gasteiger partial charge is 0.413 e. The molecule has 0 spiro atoms. The summed E-state index contributed by atoms with van der Waals surface area (Å²) in [4.78, 5) is 19.8. The Balaban J connectivity index is 2.10. The molecule has 0 radical (unpaired) electrons. The number of nitrogens with two attached hydrogens (primary N) is 2. The maximum atomic E-state index is 11.7. The van der Waals surface area contributed by atoms with Crippen LogP contribution < -0.4 is 16.8 Å². The molecule has 0 saturated carbocycles. The summed E-state index contributed by atoms with van der Waals surface area (Å²) in [6, 6.07) is 5.19. The van der Waals surface area contributed by atoms with Crippen molar-refractivity contribution in [3.63, 3.8) is 0 Å². The maximum absolute atomic E-state index is 11.7. The van der Waals surface area contributed by atoms with Crippen molar-refractivity contribution in [2.75, 3.05) is 16.8 Å². The third-order valence-corrected chi connectivity index (χ3v) is 2.68. The van der Waals surface area contributed by atoms with Gasteiger partial charge in [-0.25, -0.2) is 14.8 Å². The van der Waals surface area contributed by atoms with Gasteiger partial charge in [0.25, 0.3) is 0 Å². The van der Waals surface area contributed by atoms with Crippen molar-refractivity contribution < 1.29 is 9.53 Å². The van der Waals surface area contributed by atoms with Gasteiger partial charge < -0.3 is 16.2 Å². The van der Waals surface area contributed by atoms with E-state index in [1.165, 1.54) is 0 Å². The van der Waals surface area contributed by atoms with Crippen LogP contribution in [0.3, 0.4) is 0 Å². The average molecular weight is 301 g/mol. The van der Waals surface area contributed by atoms with Gasteiger partial charge in [-0.05, 0) is 39.0 Å². The Labute approximate surface area is 128 Å². The highest BCUT2D eigenvalue weighted by Gasteiger charge is 2.16. The number of nitrogen functional groups attached to an aromatic ring is 2. The van der Waals surface area contributed by atoms with E-state index in [1.54, 1.807) is 51.4 Å². The van der Waals surface area contributed by atoms with Gasteiger partial charge in [-0.3, -0.25) is 5.32 Å². The second-order valence-corrected chi connectivity index (χ2v) is 5.76. The third-order valence-electron chi connectivity index (χ3n) is 2.68. The molecular weight excluding hydrogens is 282 g/mol. The molecule has 0 atom stereocenters. The summed E-state index contributed by atoms with van der Waals surface area (Å²) in [5.41, 5.74) is 12.8. The van der Waals surface area contributed by atoms with Crippen LogP contribution in [0.1, 0.15) is 20.8 Å². The van der Waals surface area contributed by atoms with Crippen LogP contribution >= 0.6 is 0 Å². The molecule has 1 amide bonds. The Morgan fingerprint density at radius 1 is 1.14 bits per heavy atom. The van der Waals surface area contributed by atoms with Gasteiger partial charge in [-0.1, -0.05) is 0 Å². The second-order valence-electron chi connectivity index (χ2n) is 5.76. The second kappa shape index (κ2) is 5.88. The first-order valence-electron chi connectivity index (χ1n) is 6.72. The number of carbonyl (C=O) groups is 1. The van der Waals surface area contributed by atoms with Crippen LogP contribution in [0, 0.1) is 0 Å². The Morgan fingerprint density at radius 3 is 2.36 bits per heavy atom. The molecule has 0 aromatic carbocycles. The molecule has 0 aliphatic heterocycles. The molecule has 0 aliphatic rings. The predicted molar refractivity (Wildman–Crippen MR) is 86.1 cm³/mol. The van der Waals surface area contributed by atoms with E-state index >= 15 is 0 Å². The fourth-order valence-corrected chi connectivity index (χ4v) is 1.70. The average Bonchev–Trinajstić information content (AvgIpc) is 2.40. The molecule has 7 nitrogen and oxygen atoms in total. The molecule has 0 saturated heterocycles. The number of rotatable bonds is 2. The molecule has 7 heteroatoms. The molecule has 0 aliphatic carbocycles. The summed E-state index contributed by atoms with van der Waals surface area (Å²) in [5.74, 6) is 0.689. The van der Waals surface area contributed by atoms with Gasteiger partial charge in [0, 0.05) is 23.5 Å². The summed E-state index contributed by atoms with van der Waals surface area (Å²) in [5, 5.41) is 2.57. The van der Waals surface area contributed by atoms with Gasteiger partial charge in [0.05, 0.1) is 5.69 Å². The molecule has 116 valence electrons. The zero-order valence-electron chi connectivity index (χ0n) is 12.8. The van der Waals surface area contributed by atoms with Crippen LogP contribution in [0.5, 0.6) is 0 Å². The number of nitrogens with one attached hydrogen (secondary N) is 1. The third kappa shape index (κ3) is 4.08. The Bertz CT molecular complexity index is 677. The Morgan fingerprint density at radius 2 is 1.82 bits per heavy atom. The molecular formula is C15H19N5O2. The Hall–Kier alpha value is -2.83. The maximum Gasteiger partial charge on any atom is 0.413 e. The first kappa shape index (κ1) is 15.6. The zero-order valence-corrected chi connectivity index (χ0v) is 12.8. The fraction of sp³-hybridized carbons (Fsp3) is 0.267. The number of pyridine rings is 2. The normalized spacial score (nSPS) is 11.0. The minimum Gasteiger partial charge on any atom is -0.444 e. The van der Waals surface area contributed by atoms with Crippen molar-refractivity contribution >= 4 is 23.4 Å². The van der Waals surface area contributed by atoms with Crippen molar-refractivity contribution in [2.24, 2.45) is 0 Å². The summed E-state index contributed by atoms with van der Waals surface area (Å²) in [6.07, 6.45) is 2.68. The number of carbonyl (C=O) groups excluding carboxylic acids is 1. The van der Waals surface area contributed by atoms with E-state index in [2.05, 4.69) is 15.3 Å². The molecule has 0 unspecified atom stereocenters. The van der Waals surface area contributed by atoms with E-state index in [1.807, 2.05) is 0 Å². The number of amides is 1. The van der Waals surface area contributed by atoms with Crippen LogP contribution in [-0.4, -0.2) is 21.7 Å².